The SMILES string of the molecule is COc1ccc2c(c1)/C(=C/C(=O)c1ccc(C(=O)NCc3ccccc3)cc1)NC(C)(C)C2. The number of fused-ring (bicyclic) bond motifs is 1. The number of ether oxygens (including phenoxy) is 1. The monoisotopic (exact) mass is 440 g/mol. The third-order valence-electron chi connectivity index (χ3n) is 5.72. The first-order chi connectivity index (χ1) is 15.8. The fourth-order valence-corrected chi connectivity index (χ4v) is 4.03. The van der Waals surface area contributed by atoms with Crippen molar-refractivity contribution in [2.75, 3.05) is 7.11 Å². The second-order valence-corrected chi connectivity index (χ2v) is 8.88. The second kappa shape index (κ2) is 9.33. The Morgan fingerprint density at radius 3 is 2.39 bits per heavy atom. The Kier molecular flexibility index (Phi) is 6.31. The number of methoxy groups -OCH3 is 1. The van der Waals surface area contributed by atoms with E-state index in [4.69, 9.17) is 4.74 Å². The fourth-order valence-electron chi connectivity index (χ4n) is 4.03. The van der Waals surface area contributed by atoms with Gasteiger partial charge in [0.2, 0.25) is 0 Å². The smallest absolute Gasteiger partial charge is 0.251 e. The summed E-state index contributed by atoms with van der Waals surface area (Å²) in [5.41, 5.74) is 4.81. The van der Waals surface area contributed by atoms with Crippen molar-refractivity contribution in [1.29, 1.82) is 0 Å². The molecule has 1 aliphatic rings. The molecular weight excluding hydrogens is 412 g/mol. The Bertz CT molecular complexity index is 1200. The van der Waals surface area contributed by atoms with E-state index in [0.29, 0.717) is 17.7 Å². The van der Waals surface area contributed by atoms with Crippen LogP contribution in [-0.2, 0) is 13.0 Å². The Morgan fingerprint density at radius 1 is 1.00 bits per heavy atom. The standard InChI is InChI=1S/C28H28N2O3/c1-28(2)17-22-13-14-23(33-3)15-24(22)25(30-28)16-26(31)20-9-11-21(12-10-20)27(32)29-18-19-7-5-4-6-8-19/h4-16,30H,17-18H2,1-3H3,(H,29,32)/b25-16-. The normalized spacial score (nSPS) is 15.3. The summed E-state index contributed by atoms with van der Waals surface area (Å²) in [5.74, 6) is 0.451. The quantitative estimate of drug-likeness (QED) is 0.428. The molecule has 0 aromatic heterocycles. The van der Waals surface area contributed by atoms with Crippen molar-refractivity contribution < 1.29 is 14.3 Å². The lowest BCUT2D eigenvalue weighted by Gasteiger charge is -2.35. The molecule has 168 valence electrons. The highest BCUT2D eigenvalue weighted by Crippen LogP contribution is 2.32. The summed E-state index contributed by atoms with van der Waals surface area (Å²) in [6, 6.07) is 22.4. The van der Waals surface area contributed by atoms with Gasteiger partial charge in [0.15, 0.2) is 5.78 Å². The predicted octanol–water partition coefficient (Wildman–Crippen LogP) is 4.77. The van der Waals surface area contributed by atoms with Crippen molar-refractivity contribution in [2.24, 2.45) is 0 Å². The number of benzene rings is 3. The highest BCUT2D eigenvalue weighted by atomic mass is 16.5. The lowest BCUT2D eigenvalue weighted by atomic mass is 9.85. The molecule has 1 amide bonds. The van der Waals surface area contributed by atoms with E-state index in [1.54, 1.807) is 37.5 Å². The van der Waals surface area contributed by atoms with Gasteiger partial charge in [-0.05, 0) is 55.7 Å². The number of nitrogens with one attached hydrogen (secondary N) is 2. The number of carbonyl (C=O) groups excluding carboxylic acids is 2. The fraction of sp³-hybridized carbons (Fsp3) is 0.214. The van der Waals surface area contributed by atoms with E-state index in [0.717, 1.165) is 29.0 Å². The Morgan fingerprint density at radius 2 is 1.70 bits per heavy atom. The largest absolute Gasteiger partial charge is 0.497 e. The second-order valence-electron chi connectivity index (χ2n) is 8.88. The van der Waals surface area contributed by atoms with E-state index >= 15 is 0 Å². The summed E-state index contributed by atoms with van der Waals surface area (Å²) in [5, 5.41) is 6.39. The van der Waals surface area contributed by atoms with Crippen molar-refractivity contribution in [3.63, 3.8) is 0 Å². The third-order valence-corrected chi connectivity index (χ3v) is 5.72. The first-order valence-electron chi connectivity index (χ1n) is 11.0. The van der Waals surface area contributed by atoms with Crippen LogP contribution in [0.25, 0.3) is 5.70 Å². The number of hydrogen-bond acceptors (Lipinski definition) is 4. The molecule has 5 heteroatoms. The van der Waals surface area contributed by atoms with E-state index in [2.05, 4.69) is 30.5 Å². The van der Waals surface area contributed by atoms with Crippen LogP contribution in [0.5, 0.6) is 5.75 Å². The molecule has 0 atom stereocenters. The summed E-state index contributed by atoms with van der Waals surface area (Å²) in [7, 11) is 1.63. The maximum atomic E-state index is 13.0. The highest BCUT2D eigenvalue weighted by molar-refractivity contribution is 6.09. The van der Waals surface area contributed by atoms with Gasteiger partial charge in [0, 0.05) is 40.5 Å². The minimum Gasteiger partial charge on any atom is -0.497 e. The van der Waals surface area contributed by atoms with Crippen LogP contribution in [0.1, 0.15) is 51.3 Å². The molecule has 0 fully saturated rings. The van der Waals surface area contributed by atoms with Gasteiger partial charge >= 0.3 is 0 Å². The zero-order valence-corrected chi connectivity index (χ0v) is 19.1. The minimum atomic E-state index is -0.173. The van der Waals surface area contributed by atoms with Crippen molar-refractivity contribution in [3.05, 3.63) is 107 Å². The average molecular weight is 441 g/mol. The minimum absolute atomic E-state index is 0.125. The lowest BCUT2D eigenvalue weighted by Crippen LogP contribution is -2.43. The van der Waals surface area contributed by atoms with Crippen LogP contribution in [0.2, 0.25) is 0 Å². The van der Waals surface area contributed by atoms with Gasteiger partial charge in [-0.2, -0.15) is 0 Å². The van der Waals surface area contributed by atoms with Crippen molar-refractivity contribution in [2.45, 2.75) is 32.4 Å². The summed E-state index contributed by atoms with van der Waals surface area (Å²) in [6.07, 6.45) is 2.48. The maximum absolute atomic E-state index is 13.0. The molecule has 33 heavy (non-hydrogen) atoms. The Labute approximate surface area is 194 Å². The van der Waals surface area contributed by atoms with Crippen LogP contribution in [0.15, 0.2) is 78.9 Å². The summed E-state index contributed by atoms with van der Waals surface area (Å²) in [6.45, 7) is 4.68. The number of allylic oxidation sites excluding steroid dienone is 1. The first-order valence-corrected chi connectivity index (χ1v) is 11.0. The van der Waals surface area contributed by atoms with Gasteiger partial charge in [-0.25, -0.2) is 0 Å². The zero-order valence-electron chi connectivity index (χ0n) is 19.1. The van der Waals surface area contributed by atoms with Crippen LogP contribution < -0.4 is 15.4 Å². The first kappa shape index (κ1) is 22.3. The van der Waals surface area contributed by atoms with Crippen molar-refractivity contribution in [3.8, 4) is 5.75 Å². The van der Waals surface area contributed by atoms with Crippen LogP contribution in [0.4, 0.5) is 0 Å². The molecule has 0 saturated carbocycles. The molecule has 0 saturated heterocycles. The molecule has 4 rings (SSSR count). The number of ketones is 1. The summed E-state index contributed by atoms with van der Waals surface area (Å²) >= 11 is 0. The molecule has 5 nitrogen and oxygen atoms in total. The van der Waals surface area contributed by atoms with Gasteiger partial charge in [0.05, 0.1) is 7.11 Å². The predicted molar refractivity (Wildman–Crippen MR) is 130 cm³/mol. The molecule has 0 spiro atoms. The van der Waals surface area contributed by atoms with Gasteiger partial charge in [-0.1, -0.05) is 48.5 Å². The van der Waals surface area contributed by atoms with E-state index in [-0.39, 0.29) is 17.2 Å². The maximum Gasteiger partial charge on any atom is 0.251 e. The summed E-state index contributed by atoms with van der Waals surface area (Å²) in [4.78, 5) is 25.5. The van der Waals surface area contributed by atoms with Crippen molar-refractivity contribution in [1.82, 2.24) is 10.6 Å². The molecule has 0 radical (unpaired) electrons. The third kappa shape index (κ3) is 5.32. The van der Waals surface area contributed by atoms with Gasteiger partial charge < -0.3 is 15.4 Å². The van der Waals surface area contributed by atoms with Crippen LogP contribution in [0, 0.1) is 0 Å². The molecule has 0 bridgehead atoms. The van der Waals surface area contributed by atoms with Gasteiger partial charge in [-0.15, -0.1) is 0 Å². The van der Waals surface area contributed by atoms with E-state index < -0.39 is 0 Å². The van der Waals surface area contributed by atoms with E-state index in [9.17, 15) is 9.59 Å². The number of carbonyl (C=O) groups is 2. The number of amides is 1. The van der Waals surface area contributed by atoms with Gasteiger partial charge in [-0.3, -0.25) is 9.59 Å². The molecule has 0 aliphatic carbocycles. The molecular formula is C28H28N2O3. The topological polar surface area (TPSA) is 67.4 Å². The van der Waals surface area contributed by atoms with E-state index in [1.165, 1.54) is 5.56 Å². The lowest BCUT2D eigenvalue weighted by molar-refractivity contribution is 0.0949. The van der Waals surface area contributed by atoms with Gasteiger partial charge in [0.25, 0.3) is 5.91 Å². The molecule has 2 N–H and O–H groups in total. The number of hydrogen-bond donors (Lipinski definition) is 2. The average Bonchev–Trinajstić information content (AvgIpc) is 2.82. The molecule has 3 aromatic carbocycles. The molecule has 1 aliphatic heterocycles. The van der Waals surface area contributed by atoms with Crippen LogP contribution >= 0.6 is 0 Å². The molecule has 0 unspecified atom stereocenters. The van der Waals surface area contributed by atoms with Crippen LogP contribution in [-0.4, -0.2) is 24.3 Å². The molecule has 1 heterocycles. The number of rotatable bonds is 6. The Balaban J connectivity index is 1.51. The van der Waals surface area contributed by atoms with Crippen molar-refractivity contribution >= 4 is 17.4 Å². The van der Waals surface area contributed by atoms with Gasteiger partial charge in [0.1, 0.15) is 5.75 Å². The molecule has 3 aromatic rings. The van der Waals surface area contributed by atoms with Crippen LogP contribution in [0.3, 0.4) is 0 Å². The zero-order chi connectivity index (χ0) is 23.4. The Hall–Kier alpha value is -3.86. The van der Waals surface area contributed by atoms with E-state index in [1.807, 2.05) is 42.5 Å². The summed E-state index contributed by atoms with van der Waals surface area (Å²) < 4.78 is 5.38. The highest BCUT2D eigenvalue weighted by Gasteiger charge is 2.28.